The Labute approximate surface area is 205 Å². The van der Waals surface area contributed by atoms with Crippen molar-refractivity contribution < 1.29 is 18.8 Å². The smallest absolute Gasteiger partial charge is 0.254 e. The molecule has 35 heavy (non-hydrogen) atoms. The molecule has 0 aromatic heterocycles. The molecule has 1 unspecified atom stereocenters. The van der Waals surface area contributed by atoms with Gasteiger partial charge in [-0.15, -0.1) is 0 Å². The minimum absolute atomic E-state index is 0.0391. The molecule has 5 rings (SSSR count). The first kappa shape index (κ1) is 23.5. The van der Waals surface area contributed by atoms with Crippen LogP contribution in [0.1, 0.15) is 60.5 Å². The molecule has 3 heterocycles. The van der Waals surface area contributed by atoms with Gasteiger partial charge in [0.05, 0.1) is 17.9 Å². The third-order valence-electron chi connectivity index (χ3n) is 7.90. The van der Waals surface area contributed by atoms with Gasteiger partial charge in [-0.25, -0.2) is 4.39 Å². The average Bonchev–Trinajstić information content (AvgIpc) is 2.78. The standard InChI is InChI=1S/C28H32FN3O3/c1-19(2)32-26(34)23-10-4-3-9-22(23)25(27(35)31-13-6-14-31)28(32)11-15-30(16-12-28)24(33)18-20-7-5-8-21(29)17-20/h3-5,7-10,17,19,25H,6,11-16,18H2,1-2H3. The van der Waals surface area contributed by atoms with Gasteiger partial charge in [0, 0.05) is 37.8 Å². The van der Waals surface area contributed by atoms with Gasteiger partial charge < -0.3 is 14.7 Å². The summed E-state index contributed by atoms with van der Waals surface area (Å²) in [6, 6.07) is 13.5. The predicted octanol–water partition coefficient (Wildman–Crippen LogP) is 3.61. The highest BCUT2D eigenvalue weighted by atomic mass is 19.1. The number of hydrogen-bond donors (Lipinski definition) is 0. The van der Waals surface area contributed by atoms with Crippen LogP contribution in [0.2, 0.25) is 0 Å². The zero-order valence-electron chi connectivity index (χ0n) is 20.4. The second kappa shape index (κ2) is 9.10. The highest BCUT2D eigenvalue weighted by molar-refractivity contribution is 6.02. The Morgan fingerprint density at radius 1 is 1.00 bits per heavy atom. The summed E-state index contributed by atoms with van der Waals surface area (Å²) < 4.78 is 13.6. The summed E-state index contributed by atoms with van der Waals surface area (Å²) in [6.07, 6.45) is 2.20. The van der Waals surface area contributed by atoms with Gasteiger partial charge in [0.2, 0.25) is 11.8 Å². The lowest BCUT2D eigenvalue weighted by molar-refractivity contribution is -0.143. The van der Waals surface area contributed by atoms with Crippen LogP contribution in [-0.4, -0.2) is 70.2 Å². The van der Waals surface area contributed by atoms with Gasteiger partial charge in [-0.05, 0) is 62.4 Å². The number of hydrogen-bond acceptors (Lipinski definition) is 3. The van der Waals surface area contributed by atoms with E-state index in [4.69, 9.17) is 0 Å². The molecule has 2 saturated heterocycles. The largest absolute Gasteiger partial charge is 0.342 e. The fraction of sp³-hybridized carbons (Fsp3) is 0.464. The van der Waals surface area contributed by atoms with Crippen LogP contribution >= 0.6 is 0 Å². The predicted molar refractivity (Wildman–Crippen MR) is 130 cm³/mol. The number of carbonyl (C=O) groups excluding carboxylic acids is 3. The molecule has 0 radical (unpaired) electrons. The van der Waals surface area contributed by atoms with E-state index >= 15 is 0 Å². The van der Waals surface area contributed by atoms with Gasteiger partial charge in [0.15, 0.2) is 0 Å². The van der Waals surface area contributed by atoms with Gasteiger partial charge in [0.25, 0.3) is 5.91 Å². The number of benzene rings is 2. The molecular formula is C28H32FN3O3. The maximum atomic E-state index is 13.9. The maximum Gasteiger partial charge on any atom is 0.254 e. The fourth-order valence-electron chi connectivity index (χ4n) is 6.14. The van der Waals surface area contributed by atoms with E-state index < -0.39 is 11.5 Å². The van der Waals surface area contributed by atoms with Crippen LogP contribution in [0.4, 0.5) is 4.39 Å². The molecule has 0 N–H and O–H groups in total. The van der Waals surface area contributed by atoms with E-state index in [2.05, 4.69) is 0 Å². The van der Waals surface area contributed by atoms with Gasteiger partial charge in [-0.3, -0.25) is 14.4 Å². The second-order valence-corrected chi connectivity index (χ2v) is 10.3. The number of carbonyl (C=O) groups is 3. The lowest BCUT2D eigenvalue weighted by Gasteiger charge is -2.57. The quantitative estimate of drug-likeness (QED) is 0.676. The van der Waals surface area contributed by atoms with Crippen molar-refractivity contribution in [3.8, 4) is 0 Å². The number of piperidine rings is 1. The summed E-state index contributed by atoms with van der Waals surface area (Å²) in [7, 11) is 0. The van der Waals surface area contributed by atoms with E-state index in [9.17, 15) is 18.8 Å². The van der Waals surface area contributed by atoms with E-state index in [-0.39, 0.29) is 36.0 Å². The Morgan fingerprint density at radius 2 is 1.71 bits per heavy atom. The number of likely N-dealkylation sites (tertiary alicyclic amines) is 2. The summed E-state index contributed by atoms with van der Waals surface area (Å²) in [4.78, 5) is 46.3. The number of nitrogens with zero attached hydrogens (tertiary/aromatic N) is 3. The second-order valence-electron chi connectivity index (χ2n) is 10.3. The van der Waals surface area contributed by atoms with E-state index in [1.807, 2.05) is 47.9 Å². The Kier molecular flexibility index (Phi) is 6.11. The van der Waals surface area contributed by atoms with Crippen LogP contribution in [-0.2, 0) is 16.0 Å². The minimum Gasteiger partial charge on any atom is -0.342 e. The molecule has 3 amide bonds. The van der Waals surface area contributed by atoms with Crippen LogP contribution in [0.15, 0.2) is 48.5 Å². The van der Waals surface area contributed by atoms with Crippen molar-refractivity contribution >= 4 is 17.7 Å². The van der Waals surface area contributed by atoms with Crippen molar-refractivity contribution in [2.24, 2.45) is 0 Å². The first-order valence-corrected chi connectivity index (χ1v) is 12.6. The summed E-state index contributed by atoms with van der Waals surface area (Å²) in [5.74, 6) is -0.814. The van der Waals surface area contributed by atoms with Gasteiger partial charge in [0.1, 0.15) is 5.82 Å². The molecule has 6 nitrogen and oxygen atoms in total. The number of rotatable bonds is 4. The molecule has 2 fully saturated rings. The molecule has 3 aliphatic rings. The topological polar surface area (TPSA) is 60.9 Å². The van der Waals surface area contributed by atoms with E-state index in [0.29, 0.717) is 37.1 Å². The summed E-state index contributed by atoms with van der Waals surface area (Å²) in [5.41, 5.74) is 1.38. The Hall–Kier alpha value is -3.22. The van der Waals surface area contributed by atoms with Crippen molar-refractivity contribution in [1.29, 1.82) is 0 Å². The van der Waals surface area contributed by atoms with Crippen molar-refractivity contribution in [1.82, 2.24) is 14.7 Å². The van der Waals surface area contributed by atoms with Crippen LogP contribution < -0.4 is 0 Å². The van der Waals surface area contributed by atoms with E-state index in [0.717, 1.165) is 25.1 Å². The molecule has 7 heteroatoms. The Morgan fingerprint density at radius 3 is 2.34 bits per heavy atom. The Bertz CT molecular complexity index is 1150. The summed E-state index contributed by atoms with van der Waals surface area (Å²) in [6.45, 7) is 6.41. The van der Waals surface area contributed by atoms with Gasteiger partial charge >= 0.3 is 0 Å². The highest BCUT2D eigenvalue weighted by Crippen LogP contribution is 2.49. The minimum atomic E-state index is -0.679. The monoisotopic (exact) mass is 477 g/mol. The number of fused-ring (bicyclic) bond motifs is 1. The molecule has 0 aliphatic carbocycles. The van der Waals surface area contributed by atoms with Gasteiger partial charge in [-0.2, -0.15) is 0 Å². The first-order valence-electron chi connectivity index (χ1n) is 12.6. The highest BCUT2D eigenvalue weighted by Gasteiger charge is 2.57. The van der Waals surface area contributed by atoms with Crippen LogP contribution in [0.25, 0.3) is 0 Å². The van der Waals surface area contributed by atoms with Crippen LogP contribution in [0, 0.1) is 5.82 Å². The van der Waals surface area contributed by atoms with Crippen molar-refractivity contribution in [2.75, 3.05) is 26.2 Å². The van der Waals surface area contributed by atoms with Gasteiger partial charge in [-0.1, -0.05) is 30.3 Å². The third kappa shape index (κ3) is 4.01. The summed E-state index contributed by atoms with van der Waals surface area (Å²) >= 11 is 0. The average molecular weight is 478 g/mol. The third-order valence-corrected chi connectivity index (χ3v) is 7.90. The molecular weight excluding hydrogens is 445 g/mol. The molecule has 1 spiro atoms. The van der Waals surface area contributed by atoms with Crippen molar-refractivity contribution in [3.63, 3.8) is 0 Å². The molecule has 184 valence electrons. The molecule has 1 atom stereocenters. The molecule has 2 aromatic carbocycles. The molecule has 0 saturated carbocycles. The molecule has 3 aliphatic heterocycles. The zero-order chi connectivity index (χ0) is 24.7. The lowest BCUT2D eigenvalue weighted by Crippen LogP contribution is -2.68. The van der Waals surface area contributed by atoms with E-state index in [1.165, 1.54) is 12.1 Å². The fourth-order valence-corrected chi connectivity index (χ4v) is 6.14. The molecule has 2 aromatic rings. The SMILES string of the molecule is CC(C)N1C(=O)c2ccccc2C(C(=O)N2CCC2)C12CCN(C(=O)Cc1cccc(F)c1)CC2. The number of amides is 3. The molecule has 0 bridgehead atoms. The normalized spacial score (nSPS) is 21.2. The number of halogens is 1. The van der Waals surface area contributed by atoms with Crippen molar-refractivity contribution in [3.05, 3.63) is 71.0 Å². The first-order chi connectivity index (χ1) is 16.8. The summed E-state index contributed by atoms with van der Waals surface area (Å²) in [5, 5.41) is 0. The lowest BCUT2D eigenvalue weighted by atomic mass is 9.66. The van der Waals surface area contributed by atoms with Crippen LogP contribution in [0.3, 0.4) is 0 Å². The van der Waals surface area contributed by atoms with Crippen LogP contribution in [0.5, 0.6) is 0 Å². The maximum absolute atomic E-state index is 13.9. The van der Waals surface area contributed by atoms with E-state index in [1.54, 1.807) is 17.0 Å². The Balaban J connectivity index is 1.46. The van der Waals surface area contributed by atoms with Crippen molar-refractivity contribution in [2.45, 2.75) is 57.0 Å². The zero-order valence-corrected chi connectivity index (χ0v) is 20.4.